The van der Waals surface area contributed by atoms with Gasteiger partial charge in [-0.2, -0.15) is 10.2 Å². The first-order valence-electron chi connectivity index (χ1n) is 8.63. The summed E-state index contributed by atoms with van der Waals surface area (Å²) in [5, 5.41) is 11.4. The van der Waals surface area contributed by atoms with E-state index in [2.05, 4.69) is 20.5 Å². The quantitative estimate of drug-likeness (QED) is 0.575. The van der Waals surface area contributed by atoms with Crippen molar-refractivity contribution in [1.82, 2.24) is 24.5 Å². The number of aryl methyl sites for hydroxylation is 1. The first kappa shape index (κ1) is 16.7. The molecule has 0 aliphatic heterocycles. The van der Waals surface area contributed by atoms with Crippen LogP contribution < -0.4 is 5.32 Å². The van der Waals surface area contributed by atoms with Crippen LogP contribution in [-0.4, -0.2) is 30.5 Å². The van der Waals surface area contributed by atoms with Gasteiger partial charge in [0.2, 0.25) is 5.91 Å². The summed E-state index contributed by atoms with van der Waals surface area (Å²) in [5.41, 5.74) is 2.63. The van der Waals surface area contributed by atoms with Crippen molar-refractivity contribution in [3.05, 3.63) is 85.1 Å². The summed E-state index contributed by atoms with van der Waals surface area (Å²) in [5.74, 6) is 0.511. The maximum Gasteiger partial charge on any atom is 0.224 e. The van der Waals surface area contributed by atoms with Gasteiger partial charge in [0.25, 0.3) is 0 Å². The number of pyridine rings is 1. The summed E-state index contributed by atoms with van der Waals surface area (Å²) in [6.45, 7) is 0. The molecular weight excluding hydrogens is 340 g/mol. The van der Waals surface area contributed by atoms with Crippen molar-refractivity contribution in [2.24, 2.45) is 0 Å². The van der Waals surface area contributed by atoms with Gasteiger partial charge < -0.3 is 5.32 Å². The van der Waals surface area contributed by atoms with Crippen molar-refractivity contribution in [2.45, 2.75) is 12.8 Å². The van der Waals surface area contributed by atoms with Gasteiger partial charge in [-0.3, -0.25) is 4.79 Å². The highest BCUT2D eigenvalue weighted by molar-refractivity contribution is 5.92. The molecule has 134 valence electrons. The first-order chi connectivity index (χ1) is 13.3. The highest BCUT2D eigenvalue weighted by atomic mass is 16.1. The van der Waals surface area contributed by atoms with Crippen LogP contribution in [0.15, 0.2) is 79.5 Å². The predicted molar refractivity (Wildman–Crippen MR) is 102 cm³/mol. The fourth-order valence-electron chi connectivity index (χ4n) is 2.75. The number of amides is 1. The fourth-order valence-corrected chi connectivity index (χ4v) is 2.75. The number of aromatic nitrogens is 5. The lowest BCUT2D eigenvalue weighted by Gasteiger charge is -2.09. The van der Waals surface area contributed by atoms with Crippen molar-refractivity contribution in [3.8, 4) is 11.5 Å². The number of carbonyl (C=O) groups excluding carboxylic acids is 1. The number of hydrogen-bond donors (Lipinski definition) is 1. The molecule has 0 spiro atoms. The summed E-state index contributed by atoms with van der Waals surface area (Å²) in [6, 6.07) is 15.3. The third kappa shape index (κ3) is 3.92. The molecule has 1 aromatic carbocycles. The molecule has 0 unspecified atom stereocenters. The van der Waals surface area contributed by atoms with E-state index in [0.29, 0.717) is 24.3 Å². The number of nitrogens with one attached hydrogen (secondary N) is 1. The van der Waals surface area contributed by atoms with Crippen LogP contribution in [0.25, 0.3) is 11.5 Å². The average Bonchev–Trinajstić information content (AvgIpc) is 3.40. The molecule has 7 heteroatoms. The molecule has 4 aromatic rings. The Morgan fingerprint density at radius 2 is 1.85 bits per heavy atom. The van der Waals surface area contributed by atoms with E-state index in [1.807, 2.05) is 53.3 Å². The van der Waals surface area contributed by atoms with Crippen LogP contribution in [0.5, 0.6) is 0 Å². The van der Waals surface area contributed by atoms with Gasteiger partial charge in [0, 0.05) is 31.2 Å². The van der Waals surface area contributed by atoms with Crippen LogP contribution in [0.4, 0.5) is 5.69 Å². The maximum absolute atomic E-state index is 12.4. The van der Waals surface area contributed by atoms with E-state index in [-0.39, 0.29) is 5.91 Å². The zero-order chi connectivity index (χ0) is 18.5. The lowest BCUT2D eigenvalue weighted by molar-refractivity contribution is -0.116. The Morgan fingerprint density at radius 3 is 2.67 bits per heavy atom. The molecule has 27 heavy (non-hydrogen) atoms. The van der Waals surface area contributed by atoms with Gasteiger partial charge in [-0.25, -0.2) is 14.3 Å². The fraction of sp³-hybridized carbons (Fsp3) is 0.100. The minimum Gasteiger partial charge on any atom is -0.323 e. The number of carbonyl (C=O) groups is 1. The normalized spacial score (nSPS) is 10.7. The SMILES string of the molecule is O=C(CCc1cnn(-c2ccccc2)c1)Nc1cccnc1-n1cccn1. The topological polar surface area (TPSA) is 77.6 Å². The first-order valence-corrected chi connectivity index (χ1v) is 8.63. The predicted octanol–water partition coefficient (Wildman–Crippen LogP) is 3.02. The van der Waals surface area contributed by atoms with Gasteiger partial charge in [0.15, 0.2) is 5.82 Å². The Balaban J connectivity index is 1.39. The lowest BCUT2D eigenvalue weighted by atomic mass is 10.2. The van der Waals surface area contributed by atoms with E-state index in [4.69, 9.17) is 0 Å². The Bertz CT molecular complexity index is 1020. The van der Waals surface area contributed by atoms with Crippen molar-refractivity contribution >= 4 is 11.6 Å². The van der Waals surface area contributed by atoms with Gasteiger partial charge in [0.1, 0.15) is 0 Å². The second-order valence-corrected chi connectivity index (χ2v) is 6.00. The minimum absolute atomic E-state index is 0.0798. The molecule has 0 atom stereocenters. The molecule has 0 bridgehead atoms. The monoisotopic (exact) mass is 358 g/mol. The number of rotatable bonds is 6. The van der Waals surface area contributed by atoms with E-state index in [1.165, 1.54) is 0 Å². The van der Waals surface area contributed by atoms with Crippen molar-refractivity contribution in [3.63, 3.8) is 0 Å². The summed E-state index contributed by atoms with van der Waals surface area (Å²) in [6.07, 6.45) is 9.83. The van der Waals surface area contributed by atoms with Crippen LogP contribution in [0.3, 0.4) is 0 Å². The Kier molecular flexibility index (Phi) is 4.74. The summed E-state index contributed by atoms with van der Waals surface area (Å²) < 4.78 is 3.43. The van der Waals surface area contributed by atoms with Crippen molar-refractivity contribution in [1.29, 1.82) is 0 Å². The number of anilines is 1. The molecule has 3 heterocycles. The molecule has 0 saturated carbocycles. The van der Waals surface area contributed by atoms with Crippen LogP contribution >= 0.6 is 0 Å². The molecule has 0 aliphatic carbocycles. The lowest BCUT2D eigenvalue weighted by Crippen LogP contribution is -2.15. The number of nitrogens with zero attached hydrogens (tertiary/aromatic N) is 5. The minimum atomic E-state index is -0.0798. The number of hydrogen-bond acceptors (Lipinski definition) is 4. The third-order valence-corrected chi connectivity index (χ3v) is 4.08. The number of benzene rings is 1. The van der Waals surface area contributed by atoms with Crippen molar-refractivity contribution < 1.29 is 4.79 Å². The molecular formula is C20H18N6O. The molecule has 1 amide bonds. The van der Waals surface area contributed by atoms with E-state index in [9.17, 15) is 4.79 Å². The van der Waals surface area contributed by atoms with E-state index >= 15 is 0 Å². The molecule has 0 aliphatic rings. The van der Waals surface area contributed by atoms with Crippen LogP contribution in [0.2, 0.25) is 0 Å². The summed E-state index contributed by atoms with van der Waals surface area (Å²) in [4.78, 5) is 16.7. The summed E-state index contributed by atoms with van der Waals surface area (Å²) in [7, 11) is 0. The second kappa shape index (κ2) is 7.65. The Morgan fingerprint density at radius 1 is 0.963 bits per heavy atom. The van der Waals surface area contributed by atoms with Crippen LogP contribution in [-0.2, 0) is 11.2 Å². The zero-order valence-corrected chi connectivity index (χ0v) is 14.6. The second-order valence-electron chi connectivity index (χ2n) is 6.00. The van der Waals surface area contributed by atoms with E-state index < -0.39 is 0 Å². The van der Waals surface area contributed by atoms with Crippen molar-refractivity contribution in [2.75, 3.05) is 5.32 Å². The molecule has 7 nitrogen and oxygen atoms in total. The van der Waals surface area contributed by atoms with Gasteiger partial charge in [-0.1, -0.05) is 18.2 Å². The zero-order valence-electron chi connectivity index (χ0n) is 14.6. The number of para-hydroxylation sites is 1. The summed E-state index contributed by atoms with van der Waals surface area (Å²) >= 11 is 0. The average molecular weight is 358 g/mol. The van der Waals surface area contributed by atoms with Gasteiger partial charge in [-0.15, -0.1) is 0 Å². The molecule has 0 radical (unpaired) electrons. The van der Waals surface area contributed by atoms with E-state index in [0.717, 1.165) is 11.3 Å². The van der Waals surface area contributed by atoms with Gasteiger partial charge in [-0.05, 0) is 42.3 Å². The van der Waals surface area contributed by atoms with E-state index in [1.54, 1.807) is 35.5 Å². The van der Waals surface area contributed by atoms with Gasteiger partial charge in [0.05, 0.1) is 17.6 Å². The smallest absolute Gasteiger partial charge is 0.224 e. The molecule has 0 fully saturated rings. The Hall–Kier alpha value is -3.74. The van der Waals surface area contributed by atoms with Gasteiger partial charge >= 0.3 is 0 Å². The maximum atomic E-state index is 12.4. The third-order valence-electron chi connectivity index (χ3n) is 4.08. The molecule has 0 saturated heterocycles. The standard InChI is InChI=1S/C20H18N6O/c27-19(24-18-8-4-11-21-20(18)25-13-5-12-22-25)10-9-16-14-23-26(15-16)17-6-2-1-3-7-17/h1-8,11-15H,9-10H2,(H,24,27). The molecule has 3 aromatic heterocycles. The Labute approximate surface area is 156 Å². The van der Waals surface area contributed by atoms with Crippen LogP contribution in [0, 0.1) is 0 Å². The van der Waals surface area contributed by atoms with Crippen LogP contribution in [0.1, 0.15) is 12.0 Å². The molecule has 1 N–H and O–H groups in total. The highest BCUT2D eigenvalue weighted by Crippen LogP contribution is 2.17. The highest BCUT2D eigenvalue weighted by Gasteiger charge is 2.10. The molecule has 4 rings (SSSR count). The largest absolute Gasteiger partial charge is 0.323 e.